The molecular weight excluding hydrogens is 436 g/mol. The zero-order chi connectivity index (χ0) is 19.5. The van der Waals surface area contributed by atoms with Gasteiger partial charge in [0, 0.05) is 14.9 Å². The van der Waals surface area contributed by atoms with E-state index in [1.165, 1.54) is 36.0 Å². The van der Waals surface area contributed by atoms with Crippen LogP contribution in [-0.2, 0) is 0 Å². The highest BCUT2D eigenvalue weighted by atomic mass is 79.9. The summed E-state index contributed by atoms with van der Waals surface area (Å²) < 4.78 is 6.34. The predicted octanol–water partition coefficient (Wildman–Crippen LogP) is 6.24. The van der Waals surface area contributed by atoms with Gasteiger partial charge in [-0.15, -0.1) is 11.3 Å². The van der Waals surface area contributed by atoms with Crippen molar-refractivity contribution >= 4 is 38.2 Å². The molecule has 28 heavy (non-hydrogen) atoms. The zero-order valence-electron chi connectivity index (χ0n) is 15.8. The molecule has 1 aliphatic heterocycles. The lowest BCUT2D eigenvalue weighted by molar-refractivity contribution is 0.0996. The molecule has 1 saturated heterocycles. The number of anilines is 1. The van der Waals surface area contributed by atoms with Crippen molar-refractivity contribution in [1.82, 2.24) is 4.90 Å². The number of halogens is 1. The van der Waals surface area contributed by atoms with E-state index in [-0.39, 0.29) is 11.9 Å². The van der Waals surface area contributed by atoms with Crippen molar-refractivity contribution in [2.24, 2.45) is 0 Å². The summed E-state index contributed by atoms with van der Waals surface area (Å²) in [6.45, 7) is 4.22. The quantitative estimate of drug-likeness (QED) is 0.491. The Kier molecular flexibility index (Phi) is 5.99. The number of aryl methyl sites for hydroxylation is 1. The smallest absolute Gasteiger partial charge is 0.291 e. The number of piperidine rings is 1. The second-order valence-corrected chi connectivity index (χ2v) is 9.30. The lowest BCUT2D eigenvalue weighted by atomic mass is 9.96. The number of likely N-dealkylation sites (tertiary alicyclic amines) is 1. The maximum atomic E-state index is 12.6. The van der Waals surface area contributed by atoms with Crippen molar-refractivity contribution in [2.45, 2.75) is 32.2 Å². The Labute approximate surface area is 177 Å². The van der Waals surface area contributed by atoms with Crippen LogP contribution in [0, 0.1) is 6.92 Å². The molecule has 1 fully saturated rings. The van der Waals surface area contributed by atoms with Crippen LogP contribution >= 0.6 is 27.3 Å². The van der Waals surface area contributed by atoms with Gasteiger partial charge < -0.3 is 9.73 Å². The fraction of sp³-hybridized carbons (Fsp3) is 0.318. The van der Waals surface area contributed by atoms with E-state index in [2.05, 4.69) is 63.4 Å². The van der Waals surface area contributed by atoms with Crippen LogP contribution < -0.4 is 5.32 Å². The Bertz CT molecular complexity index is 945. The Morgan fingerprint density at radius 2 is 2.00 bits per heavy atom. The van der Waals surface area contributed by atoms with Crippen LogP contribution in [0.3, 0.4) is 0 Å². The summed E-state index contributed by atoms with van der Waals surface area (Å²) in [5.74, 6) is 0.119. The Hall–Kier alpha value is -1.89. The molecule has 4 rings (SSSR count). The normalized spacial score (nSPS) is 16.1. The first kappa shape index (κ1) is 19.4. The summed E-state index contributed by atoms with van der Waals surface area (Å²) in [5, 5.41) is 3.98. The summed E-state index contributed by atoms with van der Waals surface area (Å²) in [6.07, 6.45) is 5.23. The van der Waals surface area contributed by atoms with Crippen molar-refractivity contribution in [3.05, 3.63) is 75.0 Å². The first-order valence-electron chi connectivity index (χ1n) is 9.56. The summed E-state index contributed by atoms with van der Waals surface area (Å²) >= 11 is 5.24. The maximum Gasteiger partial charge on any atom is 0.291 e. The molecule has 6 heteroatoms. The number of amides is 1. The SMILES string of the molecule is Cc1cc(C(c2cccc(Br)c2)N2CCCCC2)c(NC(=O)c2ccco2)s1. The molecule has 0 aliphatic carbocycles. The highest BCUT2D eigenvalue weighted by Crippen LogP contribution is 2.40. The van der Waals surface area contributed by atoms with Gasteiger partial charge in [-0.25, -0.2) is 0 Å². The first-order chi connectivity index (χ1) is 13.6. The molecule has 146 valence electrons. The summed E-state index contributed by atoms with van der Waals surface area (Å²) in [5.41, 5.74) is 2.39. The van der Waals surface area contributed by atoms with Crippen LogP contribution in [0.5, 0.6) is 0 Å². The van der Waals surface area contributed by atoms with Crippen molar-refractivity contribution in [1.29, 1.82) is 0 Å². The standard InChI is InChI=1S/C22H23BrN2O2S/c1-15-13-18(22(28-15)24-21(26)19-9-6-12-27-19)20(25-10-3-2-4-11-25)16-7-5-8-17(23)14-16/h5-9,12-14,20H,2-4,10-11H2,1H3,(H,24,26). The molecular formula is C22H23BrN2O2S. The van der Waals surface area contributed by atoms with E-state index < -0.39 is 0 Å². The first-order valence-corrected chi connectivity index (χ1v) is 11.2. The van der Waals surface area contributed by atoms with E-state index in [1.807, 2.05) is 0 Å². The molecule has 1 N–H and O–H groups in total. The van der Waals surface area contributed by atoms with Gasteiger partial charge in [-0.3, -0.25) is 9.69 Å². The predicted molar refractivity (Wildman–Crippen MR) is 117 cm³/mol. The number of hydrogen-bond donors (Lipinski definition) is 1. The van der Waals surface area contributed by atoms with E-state index in [4.69, 9.17) is 4.42 Å². The monoisotopic (exact) mass is 458 g/mol. The third-order valence-corrected chi connectivity index (χ3v) is 6.55. The minimum Gasteiger partial charge on any atom is -0.459 e. The van der Waals surface area contributed by atoms with Crippen LogP contribution in [0.25, 0.3) is 0 Å². The highest BCUT2D eigenvalue weighted by Gasteiger charge is 2.28. The molecule has 0 spiro atoms. The number of rotatable bonds is 5. The van der Waals surface area contributed by atoms with Gasteiger partial charge in [0.25, 0.3) is 5.91 Å². The lowest BCUT2D eigenvalue weighted by Crippen LogP contribution is -2.34. The number of benzene rings is 1. The van der Waals surface area contributed by atoms with Crippen molar-refractivity contribution < 1.29 is 9.21 Å². The fourth-order valence-electron chi connectivity index (χ4n) is 3.85. The van der Waals surface area contributed by atoms with Gasteiger partial charge in [0.1, 0.15) is 5.00 Å². The molecule has 1 aromatic carbocycles. The number of nitrogens with one attached hydrogen (secondary N) is 1. The fourth-order valence-corrected chi connectivity index (χ4v) is 5.20. The molecule has 0 radical (unpaired) electrons. The topological polar surface area (TPSA) is 45.5 Å². The van der Waals surface area contributed by atoms with Gasteiger partial charge in [-0.2, -0.15) is 0 Å². The number of thiophene rings is 1. The van der Waals surface area contributed by atoms with Gasteiger partial charge in [-0.1, -0.05) is 34.5 Å². The molecule has 3 heterocycles. The zero-order valence-corrected chi connectivity index (χ0v) is 18.2. The minimum absolute atomic E-state index is 0.120. The van der Waals surface area contributed by atoms with Crippen molar-refractivity contribution in [3.8, 4) is 0 Å². The van der Waals surface area contributed by atoms with Gasteiger partial charge >= 0.3 is 0 Å². The van der Waals surface area contributed by atoms with E-state index in [1.54, 1.807) is 23.5 Å². The summed E-state index contributed by atoms with van der Waals surface area (Å²) in [7, 11) is 0. The lowest BCUT2D eigenvalue weighted by Gasteiger charge is -2.35. The molecule has 0 saturated carbocycles. The third kappa shape index (κ3) is 4.24. The van der Waals surface area contributed by atoms with Gasteiger partial charge in [0.05, 0.1) is 12.3 Å². The average molecular weight is 459 g/mol. The van der Waals surface area contributed by atoms with Gasteiger partial charge in [0.2, 0.25) is 0 Å². The van der Waals surface area contributed by atoms with Crippen LogP contribution in [0.1, 0.15) is 51.9 Å². The largest absolute Gasteiger partial charge is 0.459 e. The average Bonchev–Trinajstić information content (AvgIpc) is 3.34. The Morgan fingerprint density at radius 1 is 1.18 bits per heavy atom. The maximum absolute atomic E-state index is 12.6. The van der Waals surface area contributed by atoms with E-state index in [0.29, 0.717) is 5.76 Å². The third-order valence-electron chi connectivity index (χ3n) is 5.07. The van der Waals surface area contributed by atoms with Gasteiger partial charge in [-0.05, 0) is 68.8 Å². The number of carbonyl (C=O) groups is 1. The number of furan rings is 1. The second-order valence-electron chi connectivity index (χ2n) is 7.13. The van der Waals surface area contributed by atoms with Crippen LogP contribution in [0.2, 0.25) is 0 Å². The highest BCUT2D eigenvalue weighted by molar-refractivity contribution is 9.10. The molecule has 0 bridgehead atoms. The molecule has 1 atom stereocenters. The molecule has 1 unspecified atom stereocenters. The Morgan fingerprint density at radius 3 is 2.71 bits per heavy atom. The summed E-state index contributed by atoms with van der Waals surface area (Å²) in [4.78, 5) is 16.3. The van der Waals surface area contributed by atoms with Crippen LogP contribution in [-0.4, -0.2) is 23.9 Å². The van der Waals surface area contributed by atoms with Crippen molar-refractivity contribution in [2.75, 3.05) is 18.4 Å². The van der Waals surface area contributed by atoms with Crippen LogP contribution in [0.4, 0.5) is 5.00 Å². The molecule has 4 nitrogen and oxygen atoms in total. The molecule has 1 aliphatic rings. The minimum atomic E-state index is -0.209. The van der Waals surface area contributed by atoms with E-state index in [0.717, 1.165) is 28.1 Å². The molecule has 1 amide bonds. The van der Waals surface area contributed by atoms with Gasteiger partial charge in [0.15, 0.2) is 5.76 Å². The number of nitrogens with zero attached hydrogens (tertiary/aromatic N) is 1. The molecule has 3 aromatic rings. The number of carbonyl (C=O) groups excluding carboxylic acids is 1. The number of hydrogen-bond acceptors (Lipinski definition) is 4. The Balaban J connectivity index is 1.72. The van der Waals surface area contributed by atoms with E-state index in [9.17, 15) is 4.79 Å². The van der Waals surface area contributed by atoms with E-state index >= 15 is 0 Å². The second kappa shape index (κ2) is 8.64. The van der Waals surface area contributed by atoms with Crippen LogP contribution in [0.15, 0.2) is 57.6 Å². The summed E-state index contributed by atoms with van der Waals surface area (Å²) in [6, 6.07) is 14.2. The van der Waals surface area contributed by atoms with Crippen molar-refractivity contribution in [3.63, 3.8) is 0 Å². The molecule has 2 aromatic heterocycles.